The van der Waals surface area contributed by atoms with Crippen LogP contribution in [-0.2, 0) is 11.3 Å². The zero-order chi connectivity index (χ0) is 21.1. The third-order valence-electron chi connectivity index (χ3n) is 6.66. The van der Waals surface area contributed by atoms with Crippen LogP contribution in [-0.4, -0.2) is 40.3 Å². The number of aromatic amines is 1. The van der Waals surface area contributed by atoms with Crippen molar-refractivity contribution in [2.24, 2.45) is 0 Å². The molecule has 162 valence electrons. The van der Waals surface area contributed by atoms with Gasteiger partial charge in [0.2, 0.25) is 0 Å². The Morgan fingerprint density at radius 1 is 1.20 bits per heavy atom. The van der Waals surface area contributed by atoms with Crippen LogP contribution in [0.25, 0.3) is 10.9 Å². The van der Waals surface area contributed by atoms with Gasteiger partial charge in [0.1, 0.15) is 0 Å². The van der Waals surface area contributed by atoms with Crippen LogP contribution in [0.1, 0.15) is 61.6 Å². The quantitative estimate of drug-likeness (QED) is 0.696. The number of nitrogens with zero attached hydrogens (tertiary/aromatic N) is 1. The molecule has 0 radical (unpaired) electrons. The predicted octanol–water partition coefficient (Wildman–Crippen LogP) is 4.33. The van der Waals surface area contributed by atoms with Crippen LogP contribution in [0, 0.1) is 13.8 Å². The Balaban J connectivity index is 1.57. The Bertz CT molecular complexity index is 959. The van der Waals surface area contributed by atoms with Gasteiger partial charge >= 0.3 is 0 Å². The van der Waals surface area contributed by atoms with Gasteiger partial charge in [-0.15, -0.1) is 0 Å². The minimum absolute atomic E-state index is 0.0333. The molecule has 0 amide bonds. The fraction of sp³-hybridized carbons (Fsp3) is 0.583. The molecule has 2 fully saturated rings. The minimum atomic E-state index is -0.0333. The molecular weight excluding hydrogens is 394 g/mol. The number of pyridine rings is 1. The molecule has 2 aromatic rings. The first-order valence-electron chi connectivity index (χ1n) is 11.3. The van der Waals surface area contributed by atoms with Crippen LogP contribution in [0.4, 0.5) is 0 Å². The van der Waals surface area contributed by atoms with Crippen LogP contribution in [0.15, 0.2) is 23.0 Å². The lowest BCUT2D eigenvalue weighted by Gasteiger charge is -2.32. The fourth-order valence-electron chi connectivity index (χ4n) is 4.66. The maximum atomic E-state index is 12.9. The lowest BCUT2D eigenvalue weighted by Crippen LogP contribution is -2.47. The topological polar surface area (TPSA) is 57.4 Å². The van der Waals surface area contributed by atoms with Crippen LogP contribution in [0.2, 0.25) is 0 Å². The van der Waals surface area contributed by atoms with E-state index >= 15 is 0 Å². The summed E-state index contributed by atoms with van der Waals surface area (Å²) in [7, 11) is 0. The monoisotopic (exact) mass is 427 g/mol. The highest BCUT2D eigenvalue weighted by molar-refractivity contribution is 7.80. The molecule has 0 spiro atoms. The van der Waals surface area contributed by atoms with Crippen molar-refractivity contribution >= 4 is 28.2 Å². The molecule has 4 rings (SSSR count). The average molecular weight is 428 g/mol. The Morgan fingerprint density at radius 3 is 2.73 bits per heavy atom. The van der Waals surface area contributed by atoms with Crippen molar-refractivity contribution in [1.82, 2.24) is 15.2 Å². The number of rotatable bonds is 5. The first kappa shape index (κ1) is 21.3. The number of nitrogens with one attached hydrogen (secondary N) is 2. The molecular formula is C24H33N3O2S. The summed E-state index contributed by atoms with van der Waals surface area (Å²) in [5.74, 6) is 0. The van der Waals surface area contributed by atoms with Gasteiger partial charge in [0.05, 0.1) is 18.2 Å². The molecule has 1 atom stereocenters. The minimum Gasteiger partial charge on any atom is -0.376 e. The Kier molecular flexibility index (Phi) is 6.74. The van der Waals surface area contributed by atoms with Crippen molar-refractivity contribution in [2.75, 3.05) is 13.2 Å². The SMILES string of the molecule is Cc1ccc2cc(CN(C[C@H]3CCCO3)C(=S)NC3CCCCC3)c(=O)[nH]c2c1C. The first-order chi connectivity index (χ1) is 14.5. The number of ether oxygens (including phenoxy) is 1. The fourth-order valence-corrected chi connectivity index (χ4v) is 4.97. The van der Waals surface area contributed by atoms with E-state index in [9.17, 15) is 4.79 Å². The predicted molar refractivity (Wildman–Crippen MR) is 126 cm³/mol. The van der Waals surface area contributed by atoms with Crippen molar-refractivity contribution in [3.63, 3.8) is 0 Å². The first-order valence-corrected chi connectivity index (χ1v) is 11.7. The molecule has 5 nitrogen and oxygen atoms in total. The second kappa shape index (κ2) is 9.48. The zero-order valence-corrected chi connectivity index (χ0v) is 18.9. The molecule has 0 bridgehead atoms. The maximum absolute atomic E-state index is 12.9. The van der Waals surface area contributed by atoms with E-state index in [1.54, 1.807) is 0 Å². The molecule has 0 unspecified atom stereocenters. The van der Waals surface area contributed by atoms with Crippen molar-refractivity contribution in [1.29, 1.82) is 0 Å². The van der Waals surface area contributed by atoms with E-state index in [-0.39, 0.29) is 11.7 Å². The van der Waals surface area contributed by atoms with Crippen LogP contribution in [0.5, 0.6) is 0 Å². The number of H-pyrrole nitrogens is 1. The highest BCUT2D eigenvalue weighted by Gasteiger charge is 2.24. The summed E-state index contributed by atoms with van der Waals surface area (Å²) in [5.41, 5.74) is 3.95. The Labute approximate surface area is 184 Å². The van der Waals surface area contributed by atoms with Crippen LogP contribution < -0.4 is 10.9 Å². The molecule has 1 saturated carbocycles. The summed E-state index contributed by atoms with van der Waals surface area (Å²) >= 11 is 5.81. The van der Waals surface area contributed by atoms with E-state index in [1.807, 2.05) is 6.07 Å². The van der Waals surface area contributed by atoms with Crippen LogP contribution in [0.3, 0.4) is 0 Å². The highest BCUT2D eigenvalue weighted by atomic mass is 32.1. The van der Waals surface area contributed by atoms with Gasteiger partial charge in [-0.1, -0.05) is 31.4 Å². The van der Waals surface area contributed by atoms with Crippen molar-refractivity contribution in [2.45, 2.75) is 77.5 Å². The third-order valence-corrected chi connectivity index (χ3v) is 7.03. The molecule has 1 saturated heterocycles. The number of hydrogen-bond acceptors (Lipinski definition) is 3. The molecule has 2 aliphatic rings. The Morgan fingerprint density at radius 2 is 2.00 bits per heavy atom. The number of thiocarbonyl (C=S) groups is 1. The summed E-state index contributed by atoms with van der Waals surface area (Å²) in [4.78, 5) is 18.2. The number of aromatic nitrogens is 1. The van der Waals surface area contributed by atoms with E-state index in [4.69, 9.17) is 17.0 Å². The summed E-state index contributed by atoms with van der Waals surface area (Å²) in [6.07, 6.45) is 8.50. The summed E-state index contributed by atoms with van der Waals surface area (Å²) < 4.78 is 5.88. The van der Waals surface area contributed by atoms with E-state index in [1.165, 1.54) is 37.7 Å². The van der Waals surface area contributed by atoms with Gasteiger partial charge in [-0.05, 0) is 74.3 Å². The van der Waals surface area contributed by atoms with E-state index < -0.39 is 0 Å². The van der Waals surface area contributed by atoms with Crippen molar-refractivity contribution < 1.29 is 4.74 Å². The van der Waals surface area contributed by atoms with Gasteiger partial charge in [-0.25, -0.2) is 0 Å². The largest absolute Gasteiger partial charge is 0.376 e. The number of fused-ring (bicyclic) bond motifs is 1. The molecule has 1 aromatic heterocycles. The van der Waals surface area contributed by atoms with E-state index in [0.29, 0.717) is 12.6 Å². The van der Waals surface area contributed by atoms with Crippen molar-refractivity contribution in [3.8, 4) is 0 Å². The maximum Gasteiger partial charge on any atom is 0.253 e. The zero-order valence-electron chi connectivity index (χ0n) is 18.1. The molecule has 1 aliphatic heterocycles. The summed E-state index contributed by atoms with van der Waals surface area (Å²) in [5, 5.41) is 5.39. The summed E-state index contributed by atoms with van der Waals surface area (Å²) in [6, 6.07) is 6.66. The molecule has 2 heterocycles. The van der Waals surface area contributed by atoms with Gasteiger partial charge in [0, 0.05) is 24.8 Å². The normalized spacial score (nSPS) is 19.9. The smallest absolute Gasteiger partial charge is 0.253 e. The van der Waals surface area contributed by atoms with Gasteiger partial charge in [-0.2, -0.15) is 0 Å². The molecule has 30 heavy (non-hydrogen) atoms. The van der Waals surface area contributed by atoms with Crippen molar-refractivity contribution in [3.05, 3.63) is 45.2 Å². The third kappa shape index (κ3) is 4.86. The van der Waals surface area contributed by atoms with Gasteiger partial charge < -0.3 is 19.9 Å². The molecule has 2 N–H and O–H groups in total. The Hall–Kier alpha value is -1.92. The summed E-state index contributed by atoms with van der Waals surface area (Å²) in [6.45, 7) is 6.16. The van der Waals surface area contributed by atoms with Gasteiger partial charge in [-0.3, -0.25) is 4.79 Å². The van der Waals surface area contributed by atoms with Gasteiger partial charge in [0.25, 0.3) is 5.56 Å². The number of aryl methyl sites for hydroxylation is 2. The lowest BCUT2D eigenvalue weighted by molar-refractivity contribution is 0.0894. The van der Waals surface area contributed by atoms with Gasteiger partial charge in [0.15, 0.2) is 5.11 Å². The van der Waals surface area contributed by atoms with Crippen LogP contribution >= 0.6 is 12.2 Å². The second-order valence-electron chi connectivity index (χ2n) is 8.90. The highest BCUT2D eigenvalue weighted by Crippen LogP contribution is 2.21. The second-order valence-corrected chi connectivity index (χ2v) is 9.28. The lowest BCUT2D eigenvalue weighted by atomic mass is 9.96. The average Bonchev–Trinajstić information content (AvgIpc) is 3.25. The molecule has 6 heteroatoms. The van der Waals surface area contributed by atoms with E-state index in [0.717, 1.165) is 53.1 Å². The number of hydrogen-bond donors (Lipinski definition) is 2. The number of benzene rings is 1. The van der Waals surface area contributed by atoms with E-state index in [2.05, 4.69) is 41.2 Å². The molecule has 1 aromatic carbocycles. The standard InChI is InChI=1S/C24H33N3O2S/c1-16-10-11-18-13-19(23(28)26-22(18)17(16)2)14-27(15-21-9-6-12-29-21)24(30)25-20-7-4-3-5-8-20/h10-11,13,20-21H,3-9,12,14-15H2,1-2H3,(H,25,30)(H,26,28)/t21-/m1/s1. The molecule has 1 aliphatic carbocycles.